The van der Waals surface area contributed by atoms with Gasteiger partial charge in [-0.2, -0.15) is 0 Å². The van der Waals surface area contributed by atoms with E-state index < -0.39 is 0 Å². The fraction of sp³-hybridized carbons (Fsp3) is 0.650. The van der Waals surface area contributed by atoms with Crippen LogP contribution in [0.4, 0.5) is 5.69 Å². The minimum Gasteiger partial charge on any atom is -0.381 e. The number of rotatable bonds is 3. The number of morpholine rings is 1. The second kappa shape index (κ2) is 7.94. The van der Waals surface area contributed by atoms with Gasteiger partial charge in [-0.3, -0.25) is 4.79 Å². The van der Waals surface area contributed by atoms with Crippen molar-refractivity contribution in [3.05, 3.63) is 29.8 Å². The average molecular weight is 360 g/mol. The van der Waals surface area contributed by atoms with Gasteiger partial charge in [-0.1, -0.05) is 12.1 Å². The van der Waals surface area contributed by atoms with Crippen molar-refractivity contribution in [1.82, 2.24) is 5.32 Å². The Hall–Kier alpha value is -1.63. The standard InChI is InChI=1S/C20H28N2O4/c23-19(17-3-1-2-4-18(17)22-8-13-25-14-9-22)21-16-5-10-26-20(15-16)6-11-24-12-7-20/h1-4,16H,5-15H2,(H,21,23). The molecule has 4 rings (SSSR count). The number of anilines is 1. The summed E-state index contributed by atoms with van der Waals surface area (Å²) in [5.74, 6) is 0.0150. The summed E-state index contributed by atoms with van der Waals surface area (Å²) >= 11 is 0. The minimum atomic E-state index is -0.113. The second-order valence-corrected chi connectivity index (χ2v) is 7.42. The summed E-state index contributed by atoms with van der Waals surface area (Å²) in [7, 11) is 0. The Morgan fingerprint density at radius 2 is 1.77 bits per heavy atom. The molecule has 0 radical (unpaired) electrons. The molecule has 6 nitrogen and oxygen atoms in total. The number of nitrogens with zero attached hydrogens (tertiary/aromatic N) is 1. The molecule has 3 aliphatic rings. The maximum Gasteiger partial charge on any atom is 0.253 e. The molecule has 1 N–H and O–H groups in total. The molecule has 3 fully saturated rings. The molecular weight excluding hydrogens is 332 g/mol. The zero-order valence-corrected chi connectivity index (χ0v) is 15.2. The number of ether oxygens (including phenoxy) is 3. The first-order valence-corrected chi connectivity index (χ1v) is 9.70. The molecular formula is C20H28N2O4. The van der Waals surface area contributed by atoms with Crippen molar-refractivity contribution in [3.63, 3.8) is 0 Å². The normalized spacial score (nSPS) is 25.8. The number of hydrogen-bond acceptors (Lipinski definition) is 5. The molecule has 26 heavy (non-hydrogen) atoms. The maximum atomic E-state index is 13.0. The Morgan fingerprint density at radius 1 is 1.04 bits per heavy atom. The van der Waals surface area contributed by atoms with Crippen molar-refractivity contribution >= 4 is 11.6 Å². The first-order chi connectivity index (χ1) is 12.8. The van der Waals surface area contributed by atoms with E-state index in [4.69, 9.17) is 14.2 Å². The maximum absolute atomic E-state index is 13.0. The lowest BCUT2D eigenvalue weighted by Crippen LogP contribution is -2.51. The van der Waals surface area contributed by atoms with Gasteiger partial charge in [-0.15, -0.1) is 0 Å². The van der Waals surface area contributed by atoms with Crippen LogP contribution in [0.25, 0.3) is 0 Å². The molecule has 1 spiro atoms. The van der Waals surface area contributed by atoms with Gasteiger partial charge >= 0.3 is 0 Å². The topological polar surface area (TPSA) is 60.0 Å². The van der Waals surface area contributed by atoms with Gasteiger partial charge in [0.2, 0.25) is 0 Å². The van der Waals surface area contributed by atoms with Gasteiger partial charge < -0.3 is 24.4 Å². The smallest absolute Gasteiger partial charge is 0.253 e. The minimum absolute atomic E-state index is 0.0150. The third-order valence-corrected chi connectivity index (χ3v) is 5.73. The van der Waals surface area contributed by atoms with Gasteiger partial charge in [0.25, 0.3) is 5.91 Å². The fourth-order valence-corrected chi connectivity index (χ4v) is 4.25. The lowest BCUT2D eigenvalue weighted by Gasteiger charge is -2.43. The molecule has 1 atom stereocenters. The highest BCUT2D eigenvalue weighted by atomic mass is 16.5. The molecule has 3 heterocycles. The molecule has 0 saturated carbocycles. The SMILES string of the molecule is O=C(NC1CCOC2(CCOCC2)C1)c1ccccc1N1CCOCC1. The number of carbonyl (C=O) groups excluding carboxylic acids is 1. The molecule has 6 heteroatoms. The molecule has 1 unspecified atom stereocenters. The lowest BCUT2D eigenvalue weighted by atomic mass is 9.84. The third-order valence-electron chi connectivity index (χ3n) is 5.73. The Kier molecular flexibility index (Phi) is 5.43. The van der Waals surface area contributed by atoms with E-state index in [9.17, 15) is 4.79 Å². The Morgan fingerprint density at radius 3 is 2.58 bits per heavy atom. The fourth-order valence-electron chi connectivity index (χ4n) is 4.25. The summed E-state index contributed by atoms with van der Waals surface area (Å²) in [5, 5.41) is 3.27. The predicted molar refractivity (Wildman–Crippen MR) is 98.7 cm³/mol. The van der Waals surface area contributed by atoms with Crippen molar-refractivity contribution in [2.75, 3.05) is 51.0 Å². The van der Waals surface area contributed by atoms with E-state index >= 15 is 0 Å². The zero-order chi connectivity index (χ0) is 17.8. The number of carbonyl (C=O) groups is 1. The van der Waals surface area contributed by atoms with Crippen LogP contribution in [0.15, 0.2) is 24.3 Å². The summed E-state index contributed by atoms with van der Waals surface area (Å²) in [6.07, 6.45) is 3.59. The summed E-state index contributed by atoms with van der Waals surface area (Å²) in [5.41, 5.74) is 1.64. The van der Waals surface area contributed by atoms with Crippen molar-refractivity contribution < 1.29 is 19.0 Å². The van der Waals surface area contributed by atoms with Gasteiger partial charge in [0.1, 0.15) is 0 Å². The van der Waals surface area contributed by atoms with Crippen LogP contribution < -0.4 is 10.2 Å². The van der Waals surface area contributed by atoms with E-state index in [0.717, 1.165) is 63.2 Å². The highest BCUT2D eigenvalue weighted by molar-refractivity contribution is 6.00. The largest absolute Gasteiger partial charge is 0.381 e. The van der Waals surface area contributed by atoms with Crippen molar-refractivity contribution in [1.29, 1.82) is 0 Å². The number of benzene rings is 1. The van der Waals surface area contributed by atoms with E-state index in [1.165, 1.54) is 0 Å². The number of nitrogens with one attached hydrogen (secondary N) is 1. The molecule has 3 aliphatic heterocycles. The third kappa shape index (κ3) is 3.87. The number of amides is 1. The molecule has 1 aromatic rings. The highest BCUT2D eigenvalue weighted by Gasteiger charge is 2.39. The van der Waals surface area contributed by atoms with Crippen LogP contribution in [-0.4, -0.2) is 63.7 Å². The second-order valence-electron chi connectivity index (χ2n) is 7.42. The van der Waals surface area contributed by atoms with E-state index in [-0.39, 0.29) is 17.6 Å². The first kappa shape index (κ1) is 17.8. The monoisotopic (exact) mass is 360 g/mol. The molecule has 3 saturated heterocycles. The molecule has 1 aromatic carbocycles. The Balaban J connectivity index is 1.45. The van der Waals surface area contributed by atoms with Crippen LogP contribution >= 0.6 is 0 Å². The lowest BCUT2D eigenvalue weighted by molar-refractivity contribution is -0.139. The Labute approximate surface area is 154 Å². The van der Waals surface area contributed by atoms with Gasteiger partial charge in [0.05, 0.1) is 24.4 Å². The molecule has 0 aliphatic carbocycles. The van der Waals surface area contributed by atoms with Crippen molar-refractivity contribution in [3.8, 4) is 0 Å². The molecule has 1 amide bonds. The van der Waals surface area contributed by atoms with E-state index in [1.54, 1.807) is 0 Å². The van der Waals surface area contributed by atoms with Crippen LogP contribution in [0.2, 0.25) is 0 Å². The summed E-state index contributed by atoms with van der Waals surface area (Å²) < 4.78 is 17.0. The van der Waals surface area contributed by atoms with Crippen molar-refractivity contribution in [2.24, 2.45) is 0 Å². The van der Waals surface area contributed by atoms with E-state index in [1.807, 2.05) is 24.3 Å². The summed E-state index contributed by atoms with van der Waals surface area (Å²) in [4.78, 5) is 15.3. The van der Waals surface area contributed by atoms with E-state index in [0.29, 0.717) is 19.8 Å². The van der Waals surface area contributed by atoms with E-state index in [2.05, 4.69) is 10.2 Å². The molecule has 0 aromatic heterocycles. The number of para-hydroxylation sites is 1. The number of hydrogen-bond donors (Lipinski definition) is 1. The van der Waals surface area contributed by atoms with Gasteiger partial charge in [0, 0.05) is 44.6 Å². The highest BCUT2D eigenvalue weighted by Crippen LogP contribution is 2.34. The van der Waals surface area contributed by atoms with Gasteiger partial charge in [-0.25, -0.2) is 0 Å². The van der Waals surface area contributed by atoms with Crippen LogP contribution in [0, 0.1) is 0 Å². The van der Waals surface area contributed by atoms with Gasteiger partial charge in [0.15, 0.2) is 0 Å². The average Bonchev–Trinajstić information content (AvgIpc) is 2.69. The van der Waals surface area contributed by atoms with Crippen LogP contribution in [-0.2, 0) is 14.2 Å². The summed E-state index contributed by atoms with van der Waals surface area (Å²) in [6, 6.07) is 8.04. The molecule has 0 bridgehead atoms. The van der Waals surface area contributed by atoms with Crippen molar-refractivity contribution in [2.45, 2.75) is 37.3 Å². The van der Waals surface area contributed by atoms with Crippen LogP contribution in [0.5, 0.6) is 0 Å². The Bertz CT molecular complexity index is 618. The van der Waals surface area contributed by atoms with Gasteiger partial charge in [-0.05, 0) is 37.8 Å². The van der Waals surface area contributed by atoms with Crippen LogP contribution in [0.1, 0.15) is 36.0 Å². The predicted octanol–water partition coefficient (Wildman–Crippen LogP) is 1.98. The first-order valence-electron chi connectivity index (χ1n) is 9.70. The summed E-state index contributed by atoms with van der Waals surface area (Å²) in [6.45, 7) is 5.27. The zero-order valence-electron chi connectivity index (χ0n) is 15.2. The quantitative estimate of drug-likeness (QED) is 0.893. The van der Waals surface area contributed by atoms with Crippen LogP contribution in [0.3, 0.4) is 0 Å². The molecule has 142 valence electrons.